The van der Waals surface area contributed by atoms with E-state index in [0.717, 1.165) is 6.42 Å². The number of hydrogen-bond donors (Lipinski definition) is 2. The van der Waals surface area contributed by atoms with E-state index in [1.165, 1.54) is 43.9 Å². The molecule has 7 heteroatoms. The summed E-state index contributed by atoms with van der Waals surface area (Å²) in [6.45, 7) is 2.04. The number of hydrogen-bond acceptors (Lipinski definition) is 4. The van der Waals surface area contributed by atoms with Crippen molar-refractivity contribution < 1.29 is 22.7 Å². The first-order chi connectivity index (χ1) is 11.4. The quantitative estimate of drug-likeness (QED) is 0.832. The highest BCUT2D eigenvalue weighted by Gasteiger charge is 2.21. The lowest BCUT2D eigenvalue weighted by Gasteiger charge is -2.10. The molecule has 1 aromatic heterocycles. The van der Waals surface area contributed by atoms with Crippen LogP contribution in [0.15, 0.2) is 27.5 Å². The average Bonchev–Trinajstić information content (AvgIpc) is 3.15. The lowest BCUT2D eigenvalue weighted by Crippen LogP contribution is -2.25. The van der Waals surface area contributed by atoms with Crippen molar-refractivity contribution in [2.24, 2.45) is 5.92 Å². The second kappa shape index (κ2) is 6.57. The Hall–Kier alpha value is -1.86. The topological polar surface area (TPSA) is 96.6 Å². The first-order valence-corrected chi connectivity index (χ1v) is 9.63. The number of carbonyl (C=O) groups is 1. The minimum Gasteiger partial charge on any atom is -0.475 e. The fourth-order valence-corrected chi connectivity index (χ4v) is 4.42. The minimum absolute atomic E-state index is 0.127. The fraction of sp³-hybridized carbons (Fsp3) is 0.471. The highest BCUT2D eigenvalue weighted by molar-refractivity contribution is 7.89. The third kappa shape index (κ3) is 3.32. The Balaban J connectivity index is 1.79. The molecule has 0 amide bonds. The van der Waals surface area contributed by atoms with Gasteiger partial charge < -0.3 is 9.52 Å². The highest BCUT2D eigenvalue weighted by Crippen LogP contribution is 2.29. The van der Waals surface area contributed by atoms with Gasteiger partial charge in [0.05, 0.1) is 4.90 Å². The molecule has 1 aliphatic rings. The third-order valence-electron chi connectivity index (χ3n) is 4.73. The molecule has 0 spiro atoms. The molecule has 3 rings (SSSR count). The van der Waals surface area contributed by atoms with Crippen LogP contribution in [0.5, 0.6) is 0 Å². The molecule has 0 saturated heterocycles. The van der Waals surface area contributed by atoms with Gasteiger partial charge in [0.25, 0.3) is 0 Å². The van der Waals surface area contributed by atoms with Crippen LogP contribution in [-0.2, 0) is 10.0 Å². The van der Waals surface area contributed by atoms with Gasteiger partial charge in [-0.2, -0.15) is 0 Å². The van der Waals surface area contributed by atoms with Gasteiger partial charge in [-0.05, 0) is 37.5 Å². The number of sulfonamides is 1. The predicted molar refractivity (Wildman–Crippen MR) is 89.7 cm³/mol. The van der Waals surface area contributed by atoms with Crippen molar-refractivity contribution in [2.75, 3.05) is 6.54 Å². The monoisotopic (exact) mass is 351 g/mol. The van der Waals surface area contributed by atoms with Crippen LogP contribution < -0.4 is 4.72 Å². The molecule has 2 N–H and O–H groups in total. The van der Waals surface area contributed by atoms with E-state index in [9.17, 15) is 13.2 Å². The molecule has 24 heavy (non-hydrogen) atoms. The maximum absolute atomic E-state index is 12.4. The van der Waals surface area contributed by atoms with E-state index in [0.29, 0.717) is 29.0 Å². The van der Waals surface area contributed by atoms with Crippen LogP contribution in [0.1, 0.15) is 48.2 Å². The molecule has 1 saturated carbocycles. The van der Waals surface area contributed by atoms with Crippen molar-refractivity contribution in [2.45, 2.75) is 43.9 Å². The van der Waals surface area contributed by atoms with E-state index >= 15 is 0 Å². The first-order valence-electron chi connectivity index (χ1n) is 8.14. The molecule has 0 radical (unpaired) electrons. The van der Waals surface area contributed by atoms with Crippen LogP contribution in [0, 0.1) is 12.8 Å². The lowest BCUT2D eigenvalue weighted by atomic mass is 10.1. The maximum Gasteiger partial charge on any atom is 0.372 e. The zero-order chi connectivity index (χ0) is 17.3. The number of rotatable bonds is 6. The van der Waals surface area contributed by atoms with E-state index in [1.54, 1.807) is 6.92 Å². The number of aromatic carboxylic acids is 1. The fourth-order valence-electron chi connectivity index (χ4n) is 3.35. The largest absolute Gasteiger partial charge is 0.475 e. The van der Waals surface area contributed by atoms with Crippen molar-refractivity contribution >= 4 is 27.0 Å². The van der Waals surface area contributed by atoms with Gasteiger partial charge in [0, 0.05) is 17.5 Å². The van der Waals surface area contributed by atoms with Crippen molar-refractivity contribution in [3.05, 3.63) is 29.5 Å². The summed E-state index contributed by atoms with van der Waals surface area (Å²) in [5, 5.41) is 9.60. The second-order valence-corrected chi connectivity index (χ2v) is 8.12. The van der Waals surface area contributed by atoms with E-state index in [-0.39, 0.29) is 10.7 Å². The first kappa shape index (κ1) is 17.0. The molecule has 130 valence electrons. The number of benzene rings is 1. The van der Waals surface area contributed by atoms with Gasteiger partial charge in [-0.15, -0.1) is 0 Å². The predicted octanol–water partition coefficient (Wildman–Crippen LogP) is 3.30. The number of aryl methyl sites for hydroxylation is 1. The summed E-state index contributed by atoms with van der Waals surface area (Å²) in [6, 6.07) is 4.41. The van der Waals surface area contributed by atoms with Crippen LogP contribution in [-0.4, -0.2) is 26.0 Å². The van der Waals surface area contributed by atoms with Crippen LogP contribution in [0.4, 0.5) is 0 Å². The van der Waals surface area contributed by atoms with Crippen LogP contribution >= 0.6 is 0 Å². The molecule has 0 unspecified atom stereocenters. The Morgan fingerprint density at radius 1 is 1.33 bits per heavy atom. The minimum atomic E-state index is -3.61. The van der Waals surface area contributed by atoms with Crippen LogP contribution in [0.3, 0.4) is 0 Å². The van der Waals surface area contributed by atoms with Crippen LogP contribution in [0.2, 0.25) is 0 Å². The summed E-state index contributed by atoms with van der Waals surface area (Å²) in [5.41, 5.74) is 0.801. The standard InChI is InChI=1S/C17H21NO5S/c1-11-14-10-13(6-7-15(14)23-16(11)17(19)20)24(21,22)18-9-8-12-4-2-3-5-12/h6-7,10,12,18H,2-5,8-9H2,1H3,(H,19,20). The van der Waals surface area contributed by atoms with Crippen LogP contribution in [0.25, 0.3) is 11.0 Å². The van der Waals surface area contributed by atoms with Crippen molar-refractivity contribution in [1.82, 2.24) is 4.72 Å². The summed E-state index contributed by atoms with van der Waals surface area (Å²) < 4.78 is 32.8. The van der Waals surface area contributed by atoms with Gasteiger partial charge in [-0.3, -0.25) is 0 Å². The molecule has 0 atom stereocenters. The summed E-state index contributed by atoms with van der Waals surface area (Å²) in [4.78, 5) is 11.2. The smallest absolute Gasteiger partial charge is 0.372 e. The van der Waals surface area contributed by atoms with E-state index < -0.39 is 16.0 Å². The zero-order valence-electron chi connectivity index (χ0n) is 13.5. The molecule has 1 aliphatic carbocycles. The second-order valence-electron chi connectivity index (χ2n) is 6.36. The molecule has 6 nitrogen and oxygen atoms in total. The zero-order valence-corrected chi connectivity index (χ0v) is 14.4. The van der Waals surface area contributed by atoms with Gasteiger partial charge in [-0.1, -0.05) is 25.7 Å². The van der Waals surface area contributed by atoms with Crippen molar-refractivity contribution in [3.8, 4) is 0 Å². The Morgan fingerprint density at radius 2 is 2.04 bits per heavy atom. The van der Waals surface area contributed by atoms with Gasteiger partial charge >= 0.3 is 5.97 Å². The van der Waals surface area contributed by atoms with E-state index in [2.05, 4.69) is 4.72 Å². The molecular weight excluding hydrogens is 330 g/mol. The average molecular weight is 351 g/mol. The van der Waals surface area contributed by atoms with Gasteiger partial charge in [0.15, 0.2) is 0 Å². The lowest BCUT2D eigenvalue weighted by molar-refractivity contribution is 0.0664. The SMILES string of the molecule is Cc1c(C(=O)O)oc2ccc(S(=O)(=O)NCCC3CCCC3)cc12. The number of fused-ring (bicyclic) bond motifs is 1. The number of furan rings is 1. The molecule has 0 aliphatic heterocycles. The van der Waals surface area contributed by atoms with E-state index in [4.69, 9.17) is 9.52 Å². The molecule has 0 bridgehead atoms. The van der Waals surface area contributed by atoms with Gasteiger partial charge in [0.2, 0.25) is 15.8 Å². The summed E-state index contributed by atoms with van der Waals surface area (Å²) in [5.74, 6) is -0.707. The molecule has 1 fully saturated rings. The van der Waals surface area contributed by atoms with Gasteiger partial charge in [0.1, 0.15) is 5.58 Å². The molecule has 1 aromatic carbocycles. The van der Waals surface area contributed by atoms with Gasteiger partial charge in [-0.25, -0.2) is 17.9 Å². The Morgan fingerprint density at radius 3 is 2.71 bits per heavy atom. The third-order valence-corrected chi connectivity index (χ3v) is 6.19. The number of carboxylic acids is 1. The number of carboxylic acid groups (broad SMARTS) is 1. The summed E-state index contributed by atoms with van der Waals surface area (Å²) in [7, 11) is -3.61. The Labute approximate surface area is 140 Å². The van der Waals surface area contributed by atoms with E-state index in [1.807, 2.05) is 0 Å². The van der Waals surface area contributed by atoms with Crippen molar-refractivity contribution in [1.29, 1.82) is 0 Å². The molecule has 2 aromatic rings. The molecular formula is C17H21NO5S. The van der Waals surface area contributed by atoms with Crippen molar-refractivity contribution in [3.63, 3.8) is 0 Å². The number of nitrogens with one attached hydrogen (secondary N) is 1. The highest BCUT2D eigenvalue weighted by atomic mass is 32.2. The molecule has 1 heterocycles. The normalized spacial score (nSPS) is 16.0. The Bertz CT molecular complexity index is 862. The summed E-state index contributed by atoms with van der Waals surface area (Å²) in [6.07, 6.45) is 5.69. The maximum atomic E-state index is 12.4. The Kier molecular flexibility index (Phi) is 4.64. The summed E-state index contributed by atoms with van der Waals surface area (Å²) >= 11 is 0.